The maximum Gasteiger partial charge on any atom is 0.166 e. The third kappa shape index (κ3) is 3.76. The predicted molar refractivity (Wildman–Crippen MR) is 70.4 cm³/mol. The van der Waals surface area contributed by atoms with E-state index < -0.39 is 0 Å². The van der Waals surface area contributed by atoms with Gasteiger partial charge in [-0.2, -0.15) is 0 Å². The van der Waals surface area contributed by atoms with Gasteiger partial charge in [-0.3, -0.25) is 0 Å². The van der Waals surface area contributed by atoms with Crippen molar-refractivity contribution in [2.45, 2.75) is 6.61 Å². The first kappa shape index (κ1) is 12.4. The molecule has 0 saturated heterocycles. The number of hydrogen-bond donors (Lipinski definition) is 0. The molecule has 1 aromatic carbocycles. The monoisotopic (exact) mass is 258 g/mol. The Morgan fingerprint density at radius 2 is 2.00 bits per heavy atom. The zero-order valence-electron chi connectivity index (χ0n) is 9.64. The molecular weight excluding hydrogens is 248 g/mol. The van der Waals surface area contributed by atoms with Gasteiger partial charge in [-0.05, 0) is 24.3 Å². The van der Waals surface area contributed by atoms with Gasteiger partial charge in [-0.25, -0.2) is 9.97 Å². The molecule has 0 spiro atoms. The van der Waals surface area contributed by atoms with Crippen LogP contribution in [0.3, 0.4) is 0 Å². The fourth-order valence-corrected chi connectivity index (χ4v) is 1.42. The maximum atomic E-state index is 5.59. The van der Waals surface area contributed by atoms with Gasteiger partial charge in [0.15, 0.2) is 5.82 Å². The highest BCUT2D eigenvalue weighted by Gasteiger charge is 1.98. The van der Waals surface area contributed by atoms with Crippen LogP contribution < -0.4 is 4.74 Å². The molecule has 0 aliphatic carbocycles. The van der Waals surface area contributed by atoms with Gasteiger partial charge in [-0.1, -0.05) is 17.9 Å². The molecule has 0 unspecified atom stereocenters. The normalized spacial score (nSPS) is 9.39. The minimum Gasteiger partial charge on any atom is -0.486 e. The van der Waals surface area contributed by atoms with Crippen molar-refractivity contribution in [3.05, 3.63) is 54.1 Å². The Hall–Kier alpha value is -2.05. The van der Waals surface area contributed by atoms with Crippen LogP contribution in [0.4, 0.5) is 0 Å². The number of ether oxygens (including phenoxy) is 1. The average molecular weight is 259 g/mol. The lowest BCUT2D eigenvalue weighted by atomic mass is 10.2. The number of benzene rings is 1. The van der Waals surface area contributed by atoms with Gasteiger partial charge in [-0.15, -0.1) is 11.6 Å². The Balaban J connectivity index is 2.01. The molecule has 0 saturated carbocycles. The van der Waals surface area contributed by atoms with Crippen molar-refractivity contribution in [3.63, 3.8) is 0 Å². The number of rotatable bonds is 3. The summed E-state index contributed by atoms with van der Waals surface area (Å²) in [7, 11) is 0. The lowest BCUT2D eigenvalue weighted by molar-refractivity contribution is 0.295. The lowest BCUT2D eigenvalue weighted by Gasteiger charge is -2.04. The van der Waals surface area contributed by atoms with Crippen molar-refractivity contribution in [1.82, 2.24) is 9.97 Å². The minimum absolute atomic E-state index is 0.322. The van der Waals surface area contributed by atoms with E-state index in [4.69, 9.17) is 16.3 Å². The SMILES string of the molecule is ClCC#Cc1cccc(OCc2ncccn2)c1. The number of halogens is 1. The Morgan fingerprint density at radius 3 is 2.78 bits per heavy atom. The molecule has 0 amide bonds. The third-order valence-corrected chi connectivity index (χ3v) is 2.25. The summed E-state index contributed by atoms with van der Waals surface area (Å²) in [6, 6.07) is 9.30. The van der Waals surface area contributed by atoms with Crippen molar-refractivity contribution < 1.29 is 4.74 Å². The van der Waals surface area contributed by atoms with Crippen molar-refractivity contribution in [2.75, 3.05) is 5.88 Å². The van der Waals surface area contributed by atoms with Crippen LogP contribution in [0.2, 0.25) is 0 Å². The van der Waals surface area contributed by atoms with Gasteiger partial charge in [0.25, 0.3) is 0 Å². The largest absolute Gasteiger partial charge is 0.486 e. The summed E-state index contributed by atoms with van der Waals surface area (Å²) in [6.45, 7) is 0.341. The van der Waals surface area contributed by atoms with Crippen LogP contribution in [0.25, 0.3) is 0 Å². The molecule has 0 radical (unpaired) electrons. The van der Waals surface area contributed by atoms with E-state index in [0.29, 0.717) is 18.3 Å². The Bertz CT molecular complexity index is 561. The second-order valence-corrected chi connectivity index (χ2v) is 3.68. The molecule has 0 atom stereocenters. The summed E-state index contributed by atoms with van der Waals surface area (Å²) >= 11 is 5.51. The molecule has 1 heterocycles. The molecule has 0 fully saturated rings. The Labute approximate surface area is 111 Å². The van der Waals surface area contributed by atoms with Crippen LogP contribution in [0.15, 0.2) is 42.7 Å². The van der Waals surface area contributed by atoms with Crippen LogP contribution in [0.1, 0.15) is 11.4 Å². The third-order valence-electron chi connectivity index (χ3n) is 2.12. The summed E-state index contributed by atoms with van der Waals surface area (Å²) in [5.74, 6) is 7.45. The van der Waals surface area contributed by atoms with Crippen LogP contribution in [-0.4, -0.2) is 15.8 Å². The highest BCUT2D eigenvalue weighted by molar-refractivity contribution is 6.19. The number of alkyl halides is 1. The molecule has 18 heavy (non-hydrogen) atoms. The van der Waals surface area contributed by atoms with E-state index in [-0.39, 0.29) is 0 Å². The summed E-state index contributed by atoms with van der Waals surface area (Å²) in [4.78, 5) is 8.17. The van der Waals surface area contributed by atoms with Crippen molar-refractivity contribution >= 4 is 11.6 Å². The summed E-state index contributed by atoms with van der Waals surface area (Å²) in [5.41, 5.74) is 0.877. The van der Waals surface area contributed by atoms with Gasteiger partial charge in [0.1, 0.15) is 12.4 Å². The number of hydrogen-bond acceptors (Lipinski definition) is 3. The van der Waals surface area contributed by atoms with Crippen molar-refractivity contribution in [3.8, 4) is 17.6 Å². The molecule has 0 N–H and O–H groups in total. The Kier molecular flexibility index (Phi) is 4.57. The molecule has 4 heteroatoms. The molecular formula is C14H11ClN2O. The second-order valence-electron chi connectivity index (χ2n) is 3.42. The standard InChI is InChI=1S/C14H11ClN2O/c15-7-2-5-12-4-1-6-13(10-12)18-11-14-16-8-3-9-17-14/h1,3-4,6,8-10H,7,11H2. The highest BCUT2D eigenvalue weighted by Crippen LogP contribution is 2.13. The fraction of sp³-hybridized carbons (Fsp3) is 0.143. The van der Waals surface area contributed by atoms with Gasteiger partial charge >= 0.3 is 0 Å². The summed E-state index contributed by atoms with van der Waals surface area (Å²) in [6.07, 6.45) is 3.38. The topological polar surface area (TPSA) is 35.0 Å². The van der Waals surface area contributed by atoms with Crippen molar-refractivity contribution in [2.24, 2.45) is 0 Å². The first-order chi connectivity index (χ1) is 8.88. The van der Waals surface area contributed by atoms with Crippen LogP contribution in [0, 0.1) is 11.8 Å². The fourth-order valence-electron chi connectivity index (χ4n) is 1.35. The molecule has 90 valence electrons. The van der Waals surface area contributed by atoms with Crippen molar-refractivity contribution in [1.29, 1.82) is 0 Å². The van der Waals surface area contributed by atoms with Gasteiger partial charge in [0.05, 0.1) is 5.88 Å². The quantitative estimate of drug-likeness (QED) is 0.627. The van der Waals surface area contributed by atoms with Crippen LogP contribution >= 0.6 is 11.6 Å². The van der Waals surface area contributed by atoms with E-state index in [1.807, 2.05) is 24.3 Å². The van der Waals surface area contributed by atoms with E-state index in [9.17, 15) is 0 Å². The van der Waals surface area contributed by atoms with E-state index in [2.05, 4.69) is 21.8 Å². The first-order valence-corrected chi connectivity index (χ1v) is 5.95. The van der Waals surface area contributed by atoms with Gasteiger partial charge in [0, 0.05) is 18.0 Å². The highest BCUT2D eigenvalue weighted by atomic mass is 35.5. The Morgan fingerprint density at radius 1 is 1.17 bits per heavy atom. The van der Waals surface area contributed by atoms with E-state index in [1.54, 1.807) is 18.5 Å². The van der Waals surface area contributed by atoms with Gasteiger partial charge < -0.3 is 4.74 Å². The first-order valence-electron chi connectivity index (χ1n) is 5.42. The molecule has 2 rings (SSSR count). The molecule has 0 aliphatic rings. The molecule has 1 aromatic heterocycles. The second kappa shape index (κ2) is 6.63. The zero-order valence-corrected chi connectivity index (χ0v) is 10.4. The molecule has 2 aromatic rings. The average Bonchev–Trinajstić information content (AvgIpc) is 2.44. The molecule has 0 aliphatic heterocycles. The van der Waals surface area contributed by atoms with E-state index in [0.717, 1.165) is 11.3 Å². The predicted octanol–water partition coefficient (Wildman–Crippen LogP) is 2.65. The minimum atomic E-state index is 0.322. The molecule has 3 nitrogen and oxygen atoms in total. The maximum absolute atomic E-state index is 5.59. The summed E-state index contributed by atoms with van der Waals surface area (Å²) in [5, 5.41) is 0. The van der Waals surface area contributed by atoms with Crippen LogP contribution in [0.5, 0.6) is 5.75 Å². The van der Waals surface area contributed by atoms with Gasteiger partial charge in [0.2, 0.25) is 0 Å². The smallest absolute Gasteiger partial charge is 0.166 e. The molecule has 0 bridgehead atoms. The summed E-state index contributed by atoms with van der Waals surface area (Å²) < 4.78 is 5.59. The van der Waals surface area contributed by atoms with E-state index in [1.165, 1.54) is 0 Å². The zero-order chi connectivity index (χ0) is 12.6. The number of nitrogens with zero attached hydrogens (tertiary/aromatic N) is 2. The lowest BCUT2D eigenvalue weighted by Crippen LogP contribution is -2.00. The van der Waals surface area contributed by atoms with Crippen LogP contribution in [-0.2, 0) is 6.61 Å². The number of aromatic nitrogens is 2. The van der Waals surface area contributed by atoms with E-state index >= 15 is 0 Å².